The van der Waals surface area contributed by atoms with Gasteiger partial charge in [0.25, 0.3) is 5.69 Å². The predicted molar refractivity (Wildman–Crippen MR) is 156 cm³/mol. The minimum absolute atomic E-state index is 0.0270. The Morgan fingerprint density at radius 2 is 1.65 bits per heavy atom. The third kappa shape index (κ3) is 5.57. The normalized spacial score (nSPS) is 37.0. The Kier molecular flexibility index (Phi) is 8.06. The van der Waals surface area contributed by atoms with Crippen LogP contribution in [0, 0.1) is 10.1 Å². The van der Waals surface area contributed by atoms with Crippen molar-refractivity contribution in [1.82, 2.24) is 34.5 Å². The lowest BCUT2D eigenvalue weighted by molar-refractivity contribution is -0.383. The number of nitrogen functional groups attached to an aromatic ring is 1. The number of nitrogens with zero attached hydrogens (tertiary/aromatic N) is 8. The molecule has 0 aliphatic carbocycles. The number of aromatic nitrogens is 7. The highest BCUT2D eigenvalue weighted by atomic mass is 32.7. The monoisotopic (exact) mass is 723 g/mol. The van der Waals surface area contributed by atoms with Gasteiger partial charge in [-0.3, -0.25) is 32.8 Å². The number of anilines is 1. The van der Waals surface area contributed by atoms with E-state index in [4.69, 9.17) is 33.3 Å². The maximum absolute atomic E-state index is 16.0. The second-order valence-corrected chi connectivity index (χ2v) is 16.0. The number of nitro benzene ring substituents is 1. The van der Waals surface area contributed by atoms with Gasteiger partial charge in [-0.05, 0) is 6.07 Å². The first-order valence-corrected chi connectivity index (χ1v) is 18.5. The van der Waals surface area contributed by atoms with Crippen molar-refractivity contribution in [2.24, 2.45) is 0 Å². The van der Waals surface area contributed by atoms with E-state index in [-0.39, 0.29) is 33.7 Å². The van der Waals surface area contributed by atoms with Gasteiger partial charge in [0.15, 0.2) is 41.8 Å². The maximum atomic E-state index is 16.0. The Hall–Kier alpha value is -2.85. The Bertz CT molecular complexity index is 1940. The lowest BCUT2D eigenvalue weighted by Crippen LogP contribution is -2.33. The van der Waals surface area contributed by atoms with Crippen LogP contribution in [0.2, 0.25) is 0 Å². The third-order valence-electron chi connectivity index (χ3n) is 7.43. The molecule has 3 aliphatic rings. The molecule has 2 N–H and O–H groups in total. The number of imidazole rings is 1. The number of rotatable bonds is 3. The van der Waals surface area contributed by atoms with Crippen molar-refractivity contribution in [3.63, 3.8) is 0 Å². The van der Waals surface area contributed by atoms with E-state index in [9.17, 15) is 19.2 Å². The fraction of sp³-hybridized carbons (Fsp3) is 0.476. The zero-order valence-electron chi connectivity index (χ0n) is 22.7. The predicted octanol–water partition coefficient (Wildman–Crippen LogP) is 3.13. The summed E-state index contributed by atoms with van der Waals surface area (Å²) >= 11 is 7.92. The molecule has 2 bridgehead atoms. The number of halogens is 2. The van der Waals surface area contributed by atoms with Crippen molar-refractivity contribution in [3.8, 4) is 0 Å². The first-order chi connectivity index (χ1) is 21.8. The molecule has 0 spiro atoms. The maximum Gasteiger partial charge on any atom is 0.386 e. The molecule has 4 aromatic rings. The molecule has 3 aromatic heterocycles. The molecule has 0 amide bonds. The molecule has 19 nitrogen and oxygen atoms in total. The highest BCUT2D eigenvalue weighted by molar-refractivity contribution is 8.44. The molecule has 3 saturated heterocycles. The van der Waals surface area contributed by atoms with Crippen LogP contribution >= 0.6 is 38.1 Å². The molecule has 3 aliphatic heterocycles. The molecule has 3 fully saturated rings. The Balaban J connectivity index is 1.20. The van der Waals surface area contributed by atoms with Gasteiger partial charge in [-0.1, -0.05) is 35.8 Å². The van der Waals surface area contributed by atoms with E-state index in [0.717, 1.165) is 11.0 Å². The summed E-state index contributed by atoms with van der Waals surface area (Å²) in [5, 5.41) is 19.2. The summed E-state index contributed by atoms with van der Waals surface area (Å²) in [6.45, 7) is -10.5. The molecule has 1 aromatic carbocycles. The van der Waals surface area contributed by atoms with Crippen LogP contribution in [-0.2, 0) is 36.7 Å². The summed E-state index contributed by atoms with van der Waals surface area (Å²) in [6, 6.07) is 3.96. The van der Waals surface area contributed by atoms with Crippen molar-refractivity contribution in [1.29, 1.82) is 0 Å². The standard InChI is InChI=1S/C21H21F2N9O10P2S2/c22-12-10-4-37-43(35,45)41-16-11(40-20(13(16)23)30-7-27-15-18(24)25-6-26-19(15)30)5-38-44(36,46)42-17(12)21(39-10)31-8-2-1-3-9(32(33)34)14(8)28-29-31/h1-3,6-7,10-13,16-17,20-21H,4-5H2,(H,35,45)(H,36,46)(H2,24,25,26)/t10-,11-,12-,13-,16-,17-,20-,21-,43?,44?/m1/s1. The number of hydrogen-bond acceptors (Lipinski definition) is 16. The number of ether oxygens (including phenoxy) is 2. The second-order valence-electron chi connectivity index (χ2n) is 10.2. The first-order valence-electron chi connectivity index (χ1n) is 13.2. The summed E-state index contributed by atoms with van der Waals surface area (Å²) < 4.78 is 94.1. The number of benzene rings is 1. The van der Waals surface area contributed by atoms with E-state index in [2.05, 4.69) is 49.8 Å². The number of non-ortho nitro benzene ring substituents is 1. The van der Waals surface area contributed by atoms with Crippen LogP contribution in [0.3, 0.4) is 0 Å². The van der Waals surface area contributed by atoms with Crippen molar-refractivity contribution < 1.29 is 50.4 Å². The average molecular weight is 724 g/mol. The van der Waals surface area contributed by atoms with E-state index in [1.165, 1.54) is 29.1 Å². The van der Waals surface area contributed by atoms with Gasteiger partial charge in [0.05, 0.1) is 30.0 Å². The summed E-state index contributed by atoms with van der Waals surface area (Å²) in [7, 11) is 0. The fourth-order valence-corrected chi connectivity index (χ4v) is 8.29. The van der Waals surface area contributed by atoms with Crippen molar-refractivity contribution >= 4 is 71.8 Å². The number of nitrogens with two attached hydrogens (primary N) is 1. The van der Waals surface area contributed by atoms with Gasteiger partial charge in [-0.25, -0.2) is 37.5 Å². The van der Waals surface area contributed by atoms with E-state index in [1.807, 2.05) is 0 Å². The van der Waals surface area contributed by atoms with Gasteiger partial charge in [0.2, 0.25) is 0 Å². The van der Waals surface area contributed by atoms with Crippen LogP contribution in [-0.4, -0.2) is 89.4 Å². The molecular weight excluding hydrogens is 702 g/mol. The van der Waals surface area contributed by atoms with Crippen LogP contribution < -0.4 is 5.73 Å². The lowest BCUT2D eigenvalue weighted by Gasteiger charge is -2.25. The quantitative estimate of drug-likeness (QED) is 0.119. The zero-order valence-corrected chi connectivity index (χ0v) is 26.3. The first kappa shape index (κ1) is 31.7. The number of alkyl halides is 2. The van der Waals surface area contributed by atoms with Crippen LogP contribution in [0.25, 0.3) is 22.2 Å². The van der Waals surface area contributed by atoms with Crippen molar-refractivity contribution in [3.05, 3.63) is 41.0 Å². The molecule has 25 heteroatoms. The number of nitro groups is 1. The number of fused-ring (bicyclic) bond motifs is 5. The zero-order chi connectivity index (χ0) is 32.5. The highest BCUT2D eigenvalue weighted by Crippen LogP contribution is 2.60. The minimum Gasteiger partial charge on any atom is -0.382 e. The van der Waals surface area contributed by atoms with E-state index < -0.39 is 80.9 Å². The van der Waals surface area contributed by atoms with Crippen LogP contribution in [0.4, 0.5) is 20.3 Å². The largest absolute Gasteiger partial charge is 0.386 e. The van der Waals surface area contributed by atoms with Gasteiger partial charge in [0.1, 0.15) is 36.3 Å². The van der Waals surface area contributed by atoms with E-state index in [1.54, 1.807) is 0 Å². The molecule has 0 radical (unpaired) electrons. The molecule has 46 heavy (non-hydrogen) atoms. The molecule has 246 valence electrons. The highest BCUT2D eigenvalue weighted by Gasteiger charge is 2.54. The van der Waals surface area contributed by atoms with Gasteiger partial charge in [0, 0.05) is 6.07 Å². The van der Waals surface area contributed by atoms with E-state index >= 15 is 8.78 Å². The Morgan fingerprint density at radius 3 is 2.39 bits per heavy atom. The lowest BCUT2D eigenvalue weighted by atomic mass is 10.1. The van der Waals surface area contributed by atoms with Crippen LogP contribution in [0.15, 0.2) is 30.9 Å². The Labute approximate surface area is 265 Å². The molecule has 10 atom stereocenters. The van der Waals surface area contributed by atoms with Gasteiger partial charge >= 0.3 is 13.6 Å². The third-order valence-corrected chi connectivity index (χ3v) is 10.7. The molecule has 6 heterocycles. The summed E-state index contributed by atoms with van der Waals surface area (Å²) in [6.07, 6.45) is -11.4. The summed E-state index contributed by atoms with van der Waals surface area (Å²) in [4.78, 5) is 22.8. The van der Waals surface area contributed by atoms with Crippen LogP contribution in [0.5, 0.6) is 0 Å². The van der Waals surface area contributed by atoms with Gasteiger partial charge < -0.3 is 15.2 Å². The van der Waals surface area contributed by atoms with Crippen molar-refractivity contribution in [2.45, 2.75) is 49.2 Å². The fourth-order valence-electron chi connectivity index (χ4n) is 5.36. The number of hydrogen-bond donors (Lipinski definition) is 3. The topological polar surface area (TPSA) is 233 Å². The summed E-state index contributed by atoms with van der Waals surface area (Å²) in [5.41, 5.74) is 5.64. The molecule has 0 saturated carbocycles. The van der Waals surface area contributed by atoms with Crippen LogP contribution in [0.1, 0.15) is 12.5 Å². The average Bonchev–Trinajstić information content (AvgIpc) is 3.76. The number of thiol groups is 2. The smallest absolute Gasteiger partial charge is 0.382 e. The Morgan fingerprint density at radius 1 is 0.957 bits per heavy atom. The molecule has 7 rings (SSSR count). The second kappa shape index (κ2) is 11.7. The SMILES string of the molecule is Nc1ncnc2c1ncn2[C@@H]1O[C@@H]2COP(=O)(S)O[C@@H]3[C@H](F)[C@@H](COP(=O)(S)O[C@H]2[C@H]1F)O[C@H]3n1nnc2c([N+](=O)[O-])cccc21. The van der Waals surface area contributed by atoms with E-state index in [0.29, 0.717) is 0 Å². The van der Waals surface area contributed by atoms with Gasteiger partial charge in [-0.2, -0.15) is 0 Å². The summed E-state index contributed by atoms with van der Waals surface area (Å²) in [5.74, 6) is 0.0270. The minimum atomic E-state index is -4.53. The molecule has 2 unspecified atom stereocenters. The van der Waals surface area contributed by atoms with Crippen molar-refractivity contribution in [2.75, 3.05) is 18.9 Å². The van der Waals surface area contributed by atoms with Gasteiger partial charge in [-0.15, -0.1) is 5.10 Å². The molecular formula is C21H21F2N9O10P2S2.